The number of thiazole rings is 1. The Hall–Kier alpha value is -2.56. The van der Waals surface area contributed by atoms with Crippen molar-refractivity contribution in [2.75, 3.05) is 44.7 Å². The molecule has 2 aliphatic heterocycles. The summed E-state index contributed by atoms with van der Waals surface area (Å²) in [5.41, 5.74) is 1.97. The number of rotatable bonds is 4. The highest BCUT2D eigenvalue weighted by Crippen LogP contribution is 2.31. The molecule has 0 unspecified atom stereocenters. The molecule has 0 radical (unpaired) electrons. The van der Waals surface area contributed by atoms with Crippen LogP contribution < -0.4 is 4.90 Å². The number of alkyl halides is 3. The van der Waals surface area contributed by atoms with Gasteiger partial charge in [-0.15, -0.1) is 11.3 Å². The van der Waals surface area contributed by atoms with Crippen molar-refractivity contribution in [3.63, 3.8) is 0 Å². The second kappa shape index (κ2) is 9.00. The van der Waals surface area contributed by atoms with E-state index in [0.717, 1.165) is 80.8 Å². The number of likely N-dealkylation sites (N-methyl/N-ethyl adjacent to an activating group) is 1. The van der Waals surface area contributed by atoms with Gasteiger partial charge < -0.3 is 9.80 Å². The van der Waals surface area contributed by atoms with Crippen molar-refractivity contribution in [3.8, 4) is 11.4 Å². The number of hydrogen-bond donors (Lipinski definition) is 0. The van der Waals surface area contributed by atoms with Gasteiger partial charge in [0.25, 0.3) is 0 Å². The van der Waals surface area contributed by atoms with E-state index >= 15 is 0 Å². The summed E-state index contributed by atoms with van der Waals surface area (Å²) >= 11 is 1.76. The largest absolute Gasteiger partial charge is 0.416 e. The molecule has 0 aliphatic carbocycles. The molecule has 0 amide bonds. The first kappa shape index (κ1) is 22.2. The summed E-state index contributed by atoms with van der Waals surface area (Å²) in [6.07, 6.45) is 0.236. The minimum atomic E-state index is -4.35. The van der Waals surface area contributed by atoms with E-state index in [4.69, 9.17) is 0 Å². The average Bonchev–Trinajstić information content (AvgIpc) is 3.27. The van der Waals surface area contributed by atoms with Crippen LogP contribution in [0, 0.1) is 0 Å². The Balaban J connectivity index is 1.23. The first-order valence-corrected chi connectivity index (χ1v) is 11.8. The lowest BCUT2D eigenvalue weighted by Gasteiger charge is -2.32. The predicted molar refractivity (Wildman–Crippen MR) is 122 cm³/mol. The van der Waals surface area contributed by atoms with Crippen molar-refractivity contribution in [1.29, 1.82) is 0 Å². The number of fused-ring (bicyclic) bond motifs is 1. The normalized spacial score (nSPS) is 17.9. The summed E-state index contributed by atoms with van der Waals surface area (Å²) in [5, 5.41) is 1.10. The highest BCUT2D eigenvalue weighted by molar-refractivity contribution is 7.15. The summed E-state index contributed by atoms with van der Waals surface area (Å²) < 4.78 is 38.4. The van der Waals surface area contributed by atoms with Crippen LogP contribution in [0.15, 0.2) is 36.7 Å². The third-order valence-electron chi connectivity index (χ3n) is 6.18. The van der Waals surface area contributed by atoms with Crippen molar-refractivity contribution in [2.45, 2.75) is 25.7 Å². The SMILES string of the molecule is CN1CCN(c2ncc(CN3CCc4nc(-c5ccc(C(F)(F)F)cc5)ncc4C3)s2)CC1. The molecular formula is C23H25F3N6S. The summed E-state index contributed by atoms with van der Waals surface area (Å²) in [5.74, 6) is 0.468. The molecule has 2 aliphatic rings. The Labute approximate surface area is 194 Å². The number of hydrogen-bond acceptors (Lipinski definition) is 7. The van der Waals surface area contributed by atoms with Gasteiger partial charge in [0, 0.05) is 80.6 Å². The molecule has 6 nitrogen and oxygen atoms in total. The van der Waals surface area contributed by atoms with Gasteiger partial charge in [0.1, 0.15) is 0 Å². The second-order valence-electron chi connectivity index (χ2n) is 8.60. The molecule has 1 aromatic carbocycles. The molecule has 0 spiro atoms. The van der Waals surface area contributed by atoms with Crippen LogP contribution >= 0.6 is 11.3 Å². The van der Waals surface area contributed by atoms with E-state index in [1.165, 1.54) is 17.0 Å². The summed E-state index contributed by atoms with van der Waals surface area (Å²) in [6, 6.07) is 5.01. The molecule has 0 atom stereocenters. The molecule has 5 rings (SSSR count). The van der Waals surface area contributed by atoms with E-state index in [1.54, 1.807) is 11.3 Å². The fraction of sp³-hybridized carbons (Fsp3) is 0.435. The van der Waals surface area contributed by atoms with E-state index in [-0.39, 0.29) is 0 Å². The van der Waals surface area contributed by atoms with Crippen LogP contribution in [0.1, 0.15) is 21.7 Å². The van der Waals surface area contributed by atoms with Crippen LogP contribution in [0.25, 0.3) is 11.4 Å². The quantitative estimate of drug-likeness (QED) is 0.571. The van der Waals surface area contributed by atoms with E-state index in [9.17, 15) is 13.2 Å². The molecule has 1 saturated heterocycles. The lowest BCUT2D eigenvalue weighted by atomic mass is 10.1. The van der Waals surface area contributed by atoms with Crippen molar-refractivity contribution in [2.24, 2.45) is 0 Å². The maximum Gasteiger partial charge on any atom is 0.416 e. The molecule has 10 heteroatoms. The molecule has 33 heavy (non-hydrogen) atoms. The second-order valence-corrected chi connectivity index (χ2v) is 9.69. The van der Waals surface area contributed by atoms with Gasteiger partial charge in [-0.1, -0.05) is 12.1 Å². The van der Waals surface area contributed by atoms with Crippen LogP contribution in [-0.2, 0) is 25.7 Å². The maximum absolute atomic E-state index is 12.8. The monoisotopic (exact) mass is 474 g/mol. The van der Waals surface area contributed by atoms with Crippen LogP contribution in [0.3, 0.4) is 0 Å². The summed E-state index contributed by atoms with van der Waals surface area (Å²) in [4.78, 5) is 22.0. The van der Waals surface area contributed by atoms with E-state index in [2.05, 4.69) is 36.7 Å². The van der Waals surface area contributed by atoms with Gasteiger partial charge in [-0.3, -0.25) is 4.90 Å². The van der Waals surface area contributed by atoms with Gasteiger partial charge in [-0.05, 0) is 19.2 Å². The lowest BCUT2D eigenvalue weighted by Crippen LogP contribution is -2.44. The average molecular weight is 475 g/mol. The standard InChI is InChI=1S/C23H25F3N6S/c1-30-8-10-32(11-9-30)22-28-13-19(33-22)15-31-7-6-20-17(14-31)12-27-21(29-20)16-2-4-18(5-3-16)23(24,25)26/h2-5,12-13H,6-11,14-15H2,1H3. The number of halogens is 3. The molecule has 2 aromatic heterocycles. The Morgan fingerprint density at radius 1 is 0.970 bits per heavy atom. The highest BCUT2D eigenvalue weighted by atomic mass is 32.1. The zero-order valence-electron chi connectivity index (χ0n) is 18.3. The molecule has 0 saturated carbocycles. The van der Waals surface area contributed by atoms with Crippen molar-refractivity contribution in [3.05, 3.63) is 58.4 Å². The summed E-state index contributed by atoms with van der Waals surface area (Å²) in [6.45, 7) is 6.62. The summed E-state index contributed by atoms with van der Waals surface area (Å²) in [7, 11) is 2.15. The zero-order chi connectivity index (χ0) is 23.0. The van der Waals surface area contributed by atoms with E-state index < -0.39 is 11.7 Å². The minimum absolute atomic E-state index is 0.468. The van der Waals surface area contributed by atoms with Gasteiger partial charge in [0.2, 0.25) is 0 Å². The van der Waals surface area contributed by atoms with Crippen LogP contribution in [0.2, 0.25) is 0 Å². The molecule has 4 heterocycles. The van der Waals surface area contributed by atoms with Gasteiger partial charge in [0.15, 0.2) is 11.0 Å². The van der Waals surface area contributed by atoms with Crippen molar-refractivity contribution >= 4 is 16.5 Å². The Kier molecular flexibility index (Phi) is 6.07. The first-order valence-electron chi connectivity index (χ1n) is 11.0. The molecule has 0 bridgehead atoms. The maximum atomic E-state index is 12.8. The number of piperazine rings is 1. The van der Waals surface area contributed by atoms with Gasteiger partial charge in [0.05, 0.1) is 11.3 Å². The predicted octanol–water partition coefficient (Wildman–Crippen LogP) is 3.93. The smallest absolute Gasteiger partial charge is 0.346 e. The van der Waals surface area contributed by atoms with Crippen molar-refractivity contribution < 1.29 is 13.2 Å². The molecular weight excluding hydrogens is 449 g/mol. The molecule has 1 fully saturated rings. The molecule has 0 N–H and O–H groups in total. The molecule has 3 aromatic rings. The van der Waals surface area contributed by atoms with Gasteiger partial charge in [-0.2, -0.15) is 13.2 Å². The third kappa shape index (κ3) is 5.02. The number of anilines is 1. The van der Waals surface area contributed by atoms with E-state index in [0.29, 0.717) is 11.4 Å². The van der Waals surface area contributed by atoms with Crippen LogP contribution in [0.5, 0.6) is 0 Å². The Morgan fingerprint density at radius 2 is 1.73 bits per heavy atom. The number of nitrogens with zero attached hydrogens (tertiary/aromatic N) is 6. The van der Waals surface area contributed by atoms with Crippen molar-refractivity contribution in [1.82, 2.24) is 24.8 Å². The topological polar surface area (TPSA) is 48.4 Å². The minimum Gasteiger partial charge on any atom is -0.346 e. The Morgan fingerprint density at radius 3 is 2.45 bits per heavy atom. The molecule has 174 valence electrons. The zero-order valence-corrected chi connectivity index (χ0v) is 19.2. The van der Waals surface area contributed by atoms with E-state index in [1.807, 2.05) is 12.4 Å². The third-order valence-corrected chi connectivity index (χ3v) is 7.22. The van der Waals surface area contributed by atoms with Crippen LogP contribution in [0.4, 0.5) is 18.3 Å². The van der Waals surface area contributed by atoms with Gasteiger partial charge in [-0.25, -0.2) is 15.0 Å². The number of aromatic nitrogens is 3. The number of benzene rings is 1. The Bertz CT molecular complexity index is 1110. The van der Waals surface area contributed by atoms with Gasteiger partial charge >= 0.3 is 6.18 Å². The fourth-order valence-corrected chi connectivity index (χ4v) is 5.20. The first-order chi connectivity index (χ1) is 15.8. The fourth-order valence-electron chi connectivity index (χ4n) is 4.19. The highest BCUT2D eigenvalue weighted by Gasteiger charge is 2.30. The lowest BCUT2D eigenvalue weighted by molar-refractivity contribution is -0.137. The van der Waals surface area contributed by atoms with Crippen LogP contribution in [-0.4, -0.2) is 64.5 Å².